The Morgan fingerprint density at radius 2 is 1.87 bits per heavy atom. The van der Waals surface area contributed by atoms with Crippen LogP contribution in [0.4, 0.5) is 8.78 Å². The first-order chi connectivity index (χ1) is 6.92. The van der Waals surface area contributed by atoms with Gasteiger partial charge >= 0.3 is 0 Å². The fourth-order valence-electron chi connectivity index (χ4n) is 1.49. The highest BCUT2D eigenvalue weighted by Crippen LogP contribution is 2.33. The van der Waals surface area contributed by atoms with Crippen molar-refractivity contribution in [1.29, 1.82) is 0 Å². The van der Waals surface area contributed by atoms with E-state index in [0.717, 1.165) is 0 Å². The van der Waals surface area contributed by atoms with E-state index in [1.54, 1.807) is 19.9 Å². The summed E-state index contributed by atoms with van der Waals surface area (Å²) in [7, 11) is 1.49. The average Bonchev–Trinajstić information content (AvgIpc) is 2.20. The summed E-state index contributed by atoms with van der Waals surface area (Å²) >= 11 is 0. The first kappa shape index (κ1) is 11.9. The van der Waals surface area contributed by atoms with E-state index in [4.69, 9.17) is 9.84 Å². The second-order valence-electron chi connectivity index (χ2n) is 3.50. The first-order valence-corrected chi connectivity index (χ1v) is 4.56. The van der Waals surface area contributed by atoms with Crippen LogP contribution in [0.5, 0.6) is 5.75 Å². The van der Waals surface area contributed by atoms with Gasteiger partial charge in [0.15, 0.2) is 0 Å². The van der Waals surface area contributed by atoms with Crippen LogP contribution in [0.2, 0.25) is 0 Å². The van der Waals surface area contributed by atoms with Gasteiger partial charge in [-0.1, -0.05) is 0 Å². The van der Waals surface area contributed by atoms with E-state index in [1.807, 2.05) is 0 Å². The number of aliphatic hydroxyl groups is 1. The highest BCUT2D eigenvalue weighted by atomic mass is 19.3. The second kappa shape index (κ2) is 4.14. The molecule has 0 heterocycles. The van der Waals surface area contributed by atoms with Crippen molar-refractivity contribution in [3.8, 4) is 5.75 Å². The zero-order chi connectivity index (χ0) is 11.6. The van der Waals surface area contributed by atoms with Crippen molar-refractivity contribution in [2.24, 2.45) is 0 Å². The largest absolute Gasteiger partial charge is 0.496 e. The first-order valence-electron chi connectivity index (χ1n) is 4.56. The van der Waals surface area contributed by atoms with Gasteiger partial charge in [0, 0.05) is 5.56 Å². The number of alkyl halides is 2. The lowest BCUT2D eigenvalue weighted by Crippen LogP contribution is -2.20. The number of ether oxygens (including phenoxy) is 1. The zero-order valence-corrected chi connectivity index (χ0v) is 8.97. The Morgan fingerprint density at radius 1 is 1.27 bits per heavy atom. The quantitative estimate of drug-likeness (QED) is 0.840. The minimum absolute atomic E-state index is 0.150. The predicted molar refractivity (Wildman–Crippen MR) is 53.4 cm³/mol. The van der Waals surface area contributed by atoms with Crippen LogP contribution in [0.1, 0.15) is 16.7 Å². The van der Waals surface area contributed by atoms with Crippen LogP contribution in [0.25, 0.3) is 0 Å². The van der Waals surface area contributed by atoms with E-state index in [2.05, 4.69) is 0 Å². The molecular formula is C11H14F2O2. The van der Waals surface area contributed by atoms with Gasteiger partial charge in [-0.3, -0.25) is 0 Å². The van der Waals surface area contributed by atoms with Crippen LogP contribution in [-0.4, -0.2) is 18.8 Å². The zero-order valence-electron chi connectivity index (χ0n) is 8.97. The highest BCUT2D eigenvalue weighted by molar-refractivity contribution is 5.43. The van der Waals surface area contributed by atoms with Crippen LogP contribution < -0.4 is 4.74 Å². The SMILES string of the molecule is COc1cc(C)c(C(F)(F)CO)cc1C. The Kier molecular flexibility index (Phi) is 3.29. The Balaban J connectivity index is 3.28. The molecule has 0 aromatic heterocycles. The molecule has 0 aliphatic heterocycles. The second-order valence-corrected chi connectivity index (χ2v) is 3.50. The molecule has 1 aromatic rings. The van der Waals surface area contributed by atoms with Gasteiger partial charge in [-0.05, 0) is 37.1 Å². The molecule has 0 aliphatic carbocycles. The van der Waals surface area contributed by atoms with E-state index in [0.29, 0.717) is 16.9 Å². The molecule has 0 saturated heterocycles. The van der Waals surface area contributed by atoms with Gasteiger partial charge in [0.2, 0.25) is 0 Å². The maximum Gasteiger partial charge on any atom is 0.296 e. The lowest BCUT2D eigenvalue weighted by atomic mass is 9.99. The lowest BCUT2D eigenvalue weighted by Gasteiger charge is -2.18. The average molecular weight is 216 g/mol. The lowest BCUT2D eigenvalue weighted by molar-refractivity contribution is -0.0561. The number of aliphatic hydroxyl groups excluding tert-OH is 1. The van der Waals surface area contributed by atoms with Crippen LogP contribution in [0, 0.1) is 13.8 Å². The molecule has 4 heteroatoms. The highest BCUT2D eigenvalue weighted by Gasteiger charge is 2.32. The molecule has 0 amide bonds. The fraction of sp³-hybridized carbons (Fsp3) is 0.455. The Bertz CT molecular complexity index is 362. The molecule has 1 aromatic carbocycles. The van der Waals surface area contributed by atoms with Crippen molar-refractivity contribution in [3.05, 3.63) is 28.8 Å². The molecule has 0 saturated carbocycles. The molecule has 0 spiro atoms. The summed E-state index contributed by atoms with van der Waals surface area (Å²) in [6.07, 6.45) is 0. The Hall–Kier alpha value is -1.16. The third kappa shape index (κ3) is 2.26. The van der Waals surface area contributed by atoms with Gasteiger partial charge in [-0.2, -0.15) is 8.78 Å². The maximum atomic E-state index is 13.3. The van der Waals surface area contributed by atoms with Gasteiger partial charge in [0.1, 0.15) is 12.4 Å². The molecule has 0 radical (unpaired) electrons. The van der Waals surface area contributed by atoms with Gasteiger partial charge in [-0.15, -0.1) is 0 Å². The number of halogens is 2. The van der Waals surface area contributed by atoms with Crippen LogP contribution in [-0.2, 0) is 5.92 Å². The van der Waals surface area contributed by atoms with Crippen molar-refractivity contribution >= 4 is 0 Å². The molecule has 1 rings (SSSR count). The van der Waals surface area contributed by atoms with E-state index in [9.17, 15) is 8.78 Å². The van der Waals surface area contributed by atoms with E-state index < -0.39 is 12.5 Å². The summed E-state index contributed by atoms with van der Waals surface area (Å²) in [5.41, 5.74) is 0.894. The molecule has 0 bridgehead atoms. The summed E-state index contributed by atoms with van der Waals surface area (Å²) in [6.45, 7) is 2.08. The molecule has 15 heavy (non-hydrogen) atoms. The minimum atomic E-state index is -3.19. The van der Waals surface area contributed by atoms with Crippen molar-refractivity contribution in [2.45, 2.75) is 19.8 Å². The van der Waals surface area contributed by atoms with Gasteiger partial charge in [0.05, 0.1) is 7.11 Å². The van der Waals surface area contributed by atoms with Crippen molar-refractivity contribution in [1.82, 2.24) is 0 Å². The number of benzene rings is 1. The van der Waals surface area contributed by atoms with E-state index in [1.165, 1.54) is 13.2 Å². The van der Waals surface area contributed by atoms with Gasteiger partial charge in [-0.25, -0.2) is 0 Å². The minimum Gasteiger partial charge on any atom is -0.496 e. The van der Waals surface area contributed by atoms with E-state index >= 15 is 0 Å². The molecular weight excluding hydrogens is 202 g/mol. The summed E-state index contributed by atoms with van der Waals surface area (Å²) in [4.78, 5) is 0. The number of methoxy groups -OCH3 is 1. The van der Waals surface area contributed by atoms with Crippen LogP contribution >= 0.6 is 0 Å². The maximum absolute atomic E-state index is 13.3. The Morgan fingerprint density at radius 3 is 2.33 bits per heavy atom. The number of rotatable bonds is 3. The normalized spacial score (nSPS) is 11.6. The smallest absolute Gasteiger partial charge is 0.296 e. The third-order valence-corrected chi connectivity index (χ3v) is 2.33. The van der Waals surface area contributed by atoms with Crippen LogP contribution in [0.15, 0.2) is 12.1 Å². The monoisotopic (exact) mass is 216 g/mol. The molecule has 0 atom stereocenters. The number of aryl methyl sites for hydroxylation is 2. The fourth-order valence-corrected chi connectivity index (χ4v) is 1.49. The number of hydrogen-bond acceptors (Lipinski definition) is 2. The standard InChI is InChI=1S/C11H14F2O2/c1-7-5-10(15-3)8(2)4-9(7)11(12,13)6-14/h4-5,14H,6H2,1-3H3. The summed E-state index contributed by atoms with van der Waals surface area (Å²) in [6, 6.07) is 2.90. The topological polar surface area (TPSA) is 29.5 Å². The molecule has 0 aliphatic rings. The van der Waals surface area contributed by atoms with Crippen LogP contribution in [0.3, 0.4) is 0 Å². The molecule has 0 fully saturated rings. The van der Waals surface area contributed by atoms with E-state index in [-0.39, 0.29) is 5.56 Å². The predicted octanol–water partition coefficient (Wildman–Crippen LogP) is 2.40. The molecule has 2 nitrogen and oxygen atoms in total. The Labute approximate surface area is 87.5 Å². The molecule has 84 valence electrons. The van der Waals surface area contributed by atoms with Crippen molar-refractivity contribution in [2.75, 3.05) is 13.7 Å². The number of hydrogen-bond donors (Lipinski definition) is 1. The van der Waals surface area contributed by atoms with Crippen molar-refractivity contribution < 1.29 is 18.6 Å². The summed E-state index contributed by atoms with van der Waals surface area (Å²) in [5, 5.41) is 8.61. The van der Waals surface area contributed by atoms with Crippen molar-refractivity contribution in [3.63, 3.8) is 0 Å². The third-order valence-electron chi connectivity index (χ3n) is 2.33. The molecule has 1 N–H and O–H groups in total. The molecule has 0 unspecified atom stereocenters. The summed E-state index contributed by atoms with van der Waals surface area (Å²) in [5.74, 6) is -2.62. The van der Waals surface area contributed by atoms with Gasteiger partial charge < -0.3 is 9.84 Å². The van der Waals surface area contributed by atoms with Gasteiger partial charge in [0.25, 0.3) is 5.92 Å². The summed E-state index contributed by atoms with van der Waals surface area (Å²) < 4.78 is 31.6.